The molecule has 0 unspecified atom stereocenters. The first-order valence-corrected chi connectivity index (χ1v) is 6.78. The summed E-state index contributed by atoms with van der Waals surface area (Å²) in [6.45, 7) is 1.57. The van der Waals surface area contributed by atoms with Gasteiger partial charge in [0.2, 0.25) is 0 Å². The van der Waals surface area contributed by atoms with Gasteiger partial charge in [0.05, 0.1) is 18.4 Å². The Labute approximate surface area is 131 Å². The number of amides is 1. The van der Waals surface area contributed by atoms with Crippen LogP contribution in [0, 0.1) is 6.92 Å². The molecular weight excluding hydrogens is 309 g/mol. The van der Waals surface area contributed by atoms with E-state index in [0.717, 1.165) is 17.7 Å². The van der Waals surface area contributed by atoms with Gasteiger partial charge in [0.1, 0.15) is 11.4 Å². The lowest BCUT2D eigenvalue weighted by molar-refractivity contribution is -0.141. The lowest BCUT2D eigenvalue weighted by Gasteiger charge is -2.12. The van der Waals surface area contributed by atoms with Crippen molar-refractivity contribution in [1.29, 1.82) is 0 Å². The Morgan fingerprint density at radius 2 is 1.91 bits per heavy atom. The predicted molar refractivity (Wildman–Crippen MR) is 78.1 cm³/mol. The van der Waals surface area contributed by atoms with Crippen molar-refractivity contribution in [1.82, 2.24) is 10.3 Å². The van der Waals surface area contributed by atoms with Crippen LogP contribution in [0.2, 0.25) is 0 Å². The van der Waals surface area contributed by atoms with Crippen molar-refractivity contribution >= 4 is 5.91 Å². The van der Waals surface area contributed by atoms with Crippen LogP contribution in [0.5, 0.6) is 5.75 Å². The fourth-order valence-corrected chi connectivity index (χ4v) is 2.08. The third-order valence-electron chi connectivity index (χ3n) is 3.25. The van der Waals surface area contributed by atoms with Gasteiger partial charge in [-0.2, -0.15) is 13.2 Å². The van der Waals surface area contributed by atoms with E-state index in [2.05, 4.69) is 10.3 Å². The van der Waals surface area contributed by atoms with Crippen LogP contribution in [0.3, 0.4) is 0 Å². The zero-order chi connectivity index (χ0) is 17.0. The number of aryl methyl sites for hydroxylation is 1. The zero-order valence-electron chi connectivity index (χ0n) is 12.6. The SMILES string of the molecule is COc1ccccc1CNC(=O)c1ccc(C(F)(F)F)nc1C. The Morgan fingerprint density at radius 1 is 1.22 bits per heavy atom. The van der Waals surface area contributed by atoms with E-state index in [-0.39, 0.29) is 17.8 Å². The highest BCUT2D eigenvalue weighted by molar-refractivity contribution is 5.95. The quantitative estimate of drug-likeness (QED) is 0.938. The normalized spacial score (nSPS) is 11.2. The van der Waals surface area contributed by atoms with Gasteiger partial charge < -0.3 is 10.1 Å². The zero-order valence-corrected chi connectivity index (χ0v) is 12.6. The molecule has 0 radical (unpaired) electrons. The largest absolute Gasteiger partial charge is 0.496 e. The van der Waals surface area contributed by atoms with Gasteiger partial charge in [-0.05, 0) is 25.1 Å². The average Bonchev–Trinajstić information content (AvgIpc) is 2.51. The lowest BCUT2D eigenvalue weighted by Crippen LogP contribution is -2.24. The Bertz CT molecular complexity index is 715. The average molecular weight is 324 g/mol. The number of halogens is 3. The molecule has 0 aliphatic carbocycles. The highest BCUT2D eigenvalue weighted by Gasteiger charge is 2.33. The molecule has 1 heterocycles. The molecule has 1 amide bonds. The van der Waals surface area contributed by atoms with Crippen LogP contribution >= 0.6 is 0 Å². The number of hydrogen-bond acceptors (Lipinski definition) is 3. The van der Waals surface area contributed by atoms with E-state index in [4.69, 9.17) is 4.74 Å². The van der Waals surface area contributed by atoms with Gasteiger partial charge in [-0.3, -0.25) is 4.79 Å². The molecule has 23 heavy (non-hydrogen) atoms. The third-order valence-corrected chi connectivity index (χ3v) is 3.25. The first-order chi connectivity index (χ1) is 10.8. The number of alkyl halides is 3. The van der Waals surface area contributed by atoms with E-state index in [0.29, 0.717) is 5.75 Å². The molecule has 0 fully saturated rings. The molecular formula is C16H15F3N2O2. The topological polar surface area (TPSA) is 51.2 Å². The molecule has 0 saturated heterocycles. The van der Waals surface area contributed by atoms with Crippen LogP contribution in [0.1, 0.15) is 27.3 Å². The maximum atomic E-state index is 12.6. The summed E-state index contributed by atoms with van der Waals surface area (Å²) in [5.41, 5.74) is -0.123. The summed E-state index contributed by atoms with van der Waals surface area (Å²) in [5, 5.41) is 2.65. The van der Waals surface area contributed by atoms with Gasteiger partial charge in [0, 0.05) is 12.1 Å². The van der Waals surface area contributed by atoms with E-state index in [9.17, 15) is 18.0 Å². The minimum Gasteiger partial charge on any atom is -0.496 e. The number of carbonyl (C=O) groups is 1. The third kappa shape index (κ3) is 4.00. The second kappa shape index (κ2) is 6.68. The highest BCUT2D eigenvalue weighted by atomic mass is 19.4. The van der Waals surface area contributed by atoms with Crippen molar-refractivity contribution in [2.45, 2.75) is 19.6 Å². The van der Waals surface area contributed by atoms with E-state index in [1.165, 1.54) is 14.0 Å². The maximum absolute atomic E-state index is 12.6. The molecule has 7 heteroatoms. The highest BCUT2D eigenvalue weighted by Crippen LogP contribution is 2.28. The maximum Gasteiger partial charge on any atom is 0.433 e. The van der Waals surface area contributed by atoms with Gasteiger partial charge in [-0.15, -0.1) is 0 Å². The molecule has 0 saturated carbocycles. The van der Waals surface area contributed by atoms with Gasteiger partial charge >= 0.3 is 6.18 Å². The van der Waals surface area contributed by atoms with E-state index >= 15 is 0 Å². The Balaban J connectivity index is 2.12. The molecule has 1 N–H and O–H groups in total. The molecule has 4 nitrogen and oxygen atoms in total. The van der Waals surface area contributed by atoms with E-state index < -0.39 is 17.8 Å². The Hall–Kier alpha value is -2.57. The van der Waals surface area contributed by atoms with Crippen molar-refractivity contribution < 1.29 is 22.7 Å². The number of hydrogen-bond donors (Lipinski definition) is 1. The van der Waals surface area contributed by atoms with Crippen LogP contribution in [0.4, 0.5) is 13.2 Å². The monoisotopic (exact) mass is 324 g/mol. The molecule has 2 aromatic rings. The minimum absolute atomic E-state index is 0.0253. The van der Waals surface area contributed by atoms with Gasteiger partial charge in [-0.25, -0.2) is 4.98 Å². The van der Waals surface area contributed by atoms with Crippen molar-refractivity contribution in [3.63, 3.8) is 0 Å². The number of carbonyl (C=O) groups excluding carboxylic acids is 1. The molecule has 0 aliphatic heterocycles. The molecule has 0 spiro atoms. The molecule has 0 bridgehead atoms. The van der Waals surface area contributed by atoms with Gasteiger partial charge in [-0.1, -0.05) is 18.2 Å². The van der Waals surface area contributed by atoms with Crippen LogP contribution in [0.15, 0.2) is 36.4 Å². The molecule has 0 aliphatic rings. The van der Waals surface area contributed by atoms with Crippen LogP contribution in [-0.4, -0.2) is 18.0 Å². The Morgan fingerprint density at radius 3 is 2.52 bits per heavy atom. The summed E-state index contributed by atoms with van der Waals surface area (Å²) in [6, 6.07) is 9.07. The van der Waals surface area contributed by atoms with Crippen molar-refractivity contribution in [3.8, 4) is 5.75 Å². The molecule has 1 aromatic carbocycles. The van der Waals surface area contributed by atoms with Crippen molar-refractivity contribution in [2.24, 2.45) is 0 Å². The van der Waals surface area contributed by atoms with Crippen LogP contribution in [-0.2, 0) is 12.7 Å². The summed E-state index contributed by atoms with van der Waals surface area (Å²) >= 11 is 0. The molecule has 1 aromatic heterocycles. The van der Waals surface area contributed by atoms with Crippen LogP contribution < -0.4 is 10.1 Å². The van der Waals surface area contributed by atoms with Crippen molar-refractivity contribution in [2.75, 3.05) is 7.11 Å². The smallest absolute Gasteiger partial charge is 0.433 e. The first kappa shape index (κ1) is 16.8. The number of methoxy groups -OCH3 is 1. The number of nitrogens with one attached hydrogen (secondary N) is 1. The number of benzene rings is 1. The van der Waals surface area contributed by atoms with Gasteiger partial charge in [0.15, 0.2) is 0 Å². The number of para-hydroxylation sites is 1. The Kier molecular flexibility index (Phi) is 4.88. The number of pyridine rings is 1. The standard InChI is InChI=1S/C16H15F3N2O2/c1-10-12(7-8-14(21-10)16(17,18)19)15(22)20-9-11-5-3-4-6-13(11)23-2/h3-8H,9H2,1-2H3,(H,20,22). The number of aromatic nitrogens is 1. The van der Waals surface area contributed by atoms with E-state index in [1.54, 1.807) is 24.3 Å². The number of rotatable bonds is 4. The number of nitrogens with zero attached hydrogens (tertiary/aromatic N) is 1. The minimum atomic E-state index is -4.53. The lowest BCUT2D eigenvalue weighted by atomic mass is 10.1. The summed E-state index contributed by atoms with van der Waals surface area (Å²) in [7, 11) is 1.52. The second-order valence-corrected chi connectivity index (χ2v) is 4.82. The fraction of sp³-hybridized carbons (Fsp3) is 0.250. The second-order valence-electron chi connectivity index (χ2n) is 4.82. The van der Waals surface area contributed by atoms with Gasteiger partial charge in [0.25, 0.3) is 5.91 Å². The molecule has 2 rings (SSSR count). The first-order valence-electron chi connectivity index (χ1n) is 6.78. The summed E-state index contributed by atoms with van der Waals surface area (Å²) < 4.78 is 42.9. The predicted octanol–water partition coefficient (Wildman–Crippen LogP) is 3.35. The molecule has 0 atom stereocenters. The summed E-state index contributed by atoms with van der Waals surface area (Å²) in [6.07, 6.45) is -4.53. The number of ether oxygens (including phenoxy) is 1. The van der Waals surface area contributed by atoms with E-state index in [1.807, 2.05) is 0 Å². The molecule has 122 valence electrons. The van der Waals surface area contributed by atoms with Crippen molar-refractivity contribution in [3.05, 3.63) is 58.9 Å². The summed E-state index contributed by atoms with van der Waals surface area (Å²) in [4.78, 5) is 15.6. The van der Waals surface area contributed by atoms with Crippen LogP contribution in [0.25, 0.3) is 0 Å². The summed E-state index contributed by atoms with van der Waals surface area (Å²) in [5.74, 6) is 0.129. The fourth-order valence-electron chi connectivity index (χ4n) is 2.08.